The molecule has 1 unspecified atom stereocenters. The van der Waals surface area contributed by atoms with Crippen molar-refractivity contribution in [2.24, 2.45) is 0 Å². The fourth-order valence-corrected chi connectivity index (χ4v) is 9.96. The maximum Gasteiger partial charge on any atom is 0.306 e. The van der Waals surface area contributed by atoms with Crippen LogP contribution >= 0.6 is 0 Å². The third kappa shape index (κ3) is 63.8. The van der Waals surface area contributed by atoms with Crippen LogP contribution in [0.3, 0.4) is 0 Å². The lowest BCUT2D eigenvalue weighted by Gasteiger charge is -2.18. The zero-order valence-electron chi connectivity index (χ0n) is 51.5. The highest BCUT2D eigenvalue weighted by Crippen LogP contribution is 2.18. The number of rotatable bonds is 62. The Labute approximate surface area is 479 Å². The molecular weight excluding hydrogens is 949 g/mol. The third-order valence-electron chi connectivity index (χ3n) is 15.0. The van der Waals surface area contributed by atoms with Crippen LogP contribution in [0.2, 0.25) is 0 Å². The molecule has 77 heavy (non-hydrogen) atoms. The van der Waals surface area contributed by atoms with E-state index in [2.05, 4.69) is 81.5 Å². The topological polar surface area (TPSA) is 78.9 Å². The molecule has 0 heterocycles. The van der Waals surface area contributed by atoms with Crippen molar-refractivity contribution in [2.75, 3.05) is 13.2 Å². The number of carbonyl (C=O) groups is 3. The van der Waals surface area contributed by atoms with Gasteiger partial charge in [-0.05, 0) is 83.5 Å². The first-order valence-corrected chi connectivity index (χ1v) is 33.8. The molecule has 6 nitrogen and oxygen atoms in total. The normalized spacial score (nSPS) is 12.4. The van der Waals surface area contributed by atoms with Gasteiger partial charge in [0.2, 0.25) is 0 Å². The summed E-state index contributed by atoms with van der Waals surface area (Å²) in [5, 5.41) is 0. The van der Waals surface area contributed by atoms with E-state index < -0.39 is 6.10 Å². The Bertz CT molecular complexity index is 1380. The van der Waals surface area contributed by atoms with Gasteiger partial charge >= 0.3 is 17.9 Å². The van der Waals surface area contributed by atoms with Crippen LogP contribution in [0.4, 0.5) is 0 Å². The lowest BCUT2D eigenvalue weighted by atomic mass is 10.0. The van der Waals surface area contributed by atoms with Gasteiger partial charge in [0.05, 0.1) is 0 Å². The van der Waals surface area contributed by atoms with Gasteiger partial charge in [-0.2, -0.15) is 0 Å². The molecule has 0 saturated heterocycles. The lowest BCUT2D eigenvalue weighted by molar-refractivity contribution is -0.167. The Morgan fingerprint density at radius 1 is 0.273 bits per heavy atom. The number of esters is 3. The van der Waals surface area contributed by atoms with E-state index in [1.165, 1.54) is 218 Å². The van der Waals surface area contributed by atoms with E-state index in [1.807, 2.05) is 0 Å². The Balaban J connectivity index is 4.18. The summed E-state index contributed by atoms with van der Waals surface area (Å²) in [7, 11) is 0. The van der Waals surface area contributed by atoms with Gasteiger partial charge in [0.15, 0.2) is 6.10 Å². The number of carbonyl (C=O) groups excluding carboxylic acids is 3. The van der Waals surface area contributed by atoms with Gasteiger partial charge < -0.3 is 14.2 Å². The van der Waals surface area contributed by atoms with E-state index in [1.54, 1.807) is 0 Å². The van der Waals surface area contributed by atoms with E-state index >= 15 is 0 Å². The molecule has 0 aromatic heterocycles. The molecule has 0 fully saturated rings. The highest BCUT2D eigenvalue weighted by atomic mass is 16.6. The smallest absolute Gasteiger partial charge is 0.306 e. The number of hydrogen-bond donors (Lipinski definition) is 0. The molecule has 0 aromatic carbocycles. The minimum absolute atomic E-state index is 0.0761. The Hall–Kier alpha value is -2.89. The first kappa shape index (κ1) is 74.1. The number of allylic oxidation sites excluding steroid dienone is 10. The predicted octanol–water partition coefficient (Wildman–Crippen LogP) is 23.1. The summed E-state index contributed by atoms with van der Waals surface area (Å²) in [6.45, 7) is 6.56. The maximum atomic E-state index is 12.9. The second kappa shape index (κ2) is 65.6. The van der Waals surface area contributed by atoms with Gasteiger partial charge in [-0.1, -0.05) is 313 Å². The van der Waals surface area contributed by atoms with Crippen molar-refractivity contribution in [1.29, 1.82) is 0 Å². The average molecular weight is 1080 g/mol. The van der Waals surface area contributed by atoms with Crippen molar-refractivity contribution in [1.82, 2.24) is 0 Å². The SMILES string of the molecule is CC/C=C\C/C=C\C/C=C\C/C=C\CCCCCCCCC(=O)OC(COC(=O)CCCCCCCCCCCCC)COC(=O)CCCCCCCCCCCCCCCCCCC/C=C\CCCCCCCCCC. The van der Waals surface area contributed by atoms with Crippen molar-refractivity contribution in [3.05, 3.63) is 60.8 Å². The third-order valence-corrected chi connectivity index (χ3v) is 15.0. The number of ether oxygens (including phenoxy) is 3. The largest absolute Gasteiger partial charge is 0.462 e. The van der Waals surface area contributed by atoms with E-state index in [4.69, 9.17) is 14.2 Å². The molecule has 6 heteroatoms. The van der Waals surface area contributed by atoms with Crippen molar-refractivity contribution >= 4 is 17.9 Å². The highest BCUT2D eigenvalue weighted by Gasteiger charge is 2.19. The summed E-state index contributed by atoms with van der Waals surface area (Å²) < 4.78 is 16.9. The van der Waals surface area contributed by atoms with Gasteiger partial charge in [0, 0.05) is 19.3 Å². The quantitative estimate of drug-likeness (QED) is 0.0261. The zero-order valence-corrected chi connectivity index (χ0v) is 51.5. The molecule has 0 saturated carbocycles. The van der Waals surface area contributed by atoms with E-state index in [9.17, 15) is 14.4 Å². The molecule has 1 atom stereocenters. The molecule has 0 radical (unpaired) electrons. The predicted molar refractivity (Wildman–Crippen MR) is 335 cm³/mol. The first-order chi connectivity index (χ1) is 38.0. The van der Waals surface area contributed by atoms with E-state index in [0.717, 1.165) is 96.3 Å². The Morgan fingerprint density at radius 2 is 0.506 bits per heavy atom. The molecule has 0 amide bonds. The lowest BCUT2D eigenvalue weighted by Crippen LogP contribution is -2.30. The van der Waals surface area contributed by atoms with Crippen molar-refractivity contribution in [3.8, 4) is 0 Å². The van der Waals surface area contributed by atoms with E-state index in [-0.39, 0.29) is 31.1 Å². The maximum absolute atomic E-state index is 12.9. The summed E-state index contributed by atoms with van der Waals surface area (Å²) in [5.41, 5.74) is 0. The van der Waals surface area contributed by atoms with Crippen LogP contribution in [-0.4, -0.2) is 37.2 Å². The van der Waals surface area contributed by atoms with Crippen LogP contribution in [0.15, 0.2) is 60.8 Å². The molecule has 0 bridgehead atoms. The summed E-state index contributed by atoms with van der Waals surface area (Å²) in [4.78, 5) is 38.3. The van der Waals surface area contributed by atoms with Gasteiger partial charge in [0.25, 0.3) is 0 Å². The number of unbranched alkanes of at least 4 members (excludes halogenated alkanes) is 41. The molecule has 0 aromatic rings. The summed E-state index contributed by atoms with van der Waals surface area (Å²) in [6.07, 6.45) is 83.9. The monoisotopic (exact) mass is 1080 g/mol. The molecule has 0 aliphatic heterocycles. The van der Waals surface area contributed by atoms with Crippen molar-refractivity contribution in [3.63, 3.8) is 0 Å². The second-order valence-electron chi connectivity index (χ2n) is 22.7. The standard InChI is InChI=1S/C71H128O6/c1-4-7-10-13-16-19-22-24-26-28-30-31-32-33-34-35-36-37-38-39-41-42-44-46-49-52-55-58-61-64-70(73)76-67-68(66-75-69(72)63-60-57-54-51-48-21-18-15-12-9-6-3)77-71(74)65-62-59-56-53-50-47-45-43-40-29-27-25-23-20-17-14-11-8-5-2/h8,11,17,20,25,27-28,30,40,43,68H,4-7,9-10,12-16,18-19,21-24,26,29,31-39,41-42,44-67H2,1-3H3/b11-8-,20-17-,27-25-,30-28-,43-40-. The van der Waals surface area contributed by atoms with Crippen LogP contribution in [0.25, 0.3) is 0 Å². The second-order valence-corrected chi connectivity index (χ2v) is 22.7. The van der Waals surface area contributed by atoms with Crippen molar-refractivity contribution in [2.45, 2.75) is 361 Å². The Kier molecular flexibility index (Phi) is 63.2. The van der Waals surface area contributed by atoms with Crippen molar-refractivity contribution < 1.29 is 28.6 Å². The number of hydrogen-bond acceptors (Lipinski definition) is 6. The molecule has 0 aliphatic rings. The molecule has 448 valence electrons. The molecule has 0 spiro atoms. The molecule has 0 rings (SSSR count). The fourth-order valence-electron chi connectivity index (χ4n) is 9.96. The van der Waals surface area contributed by atoms with E-state index in [0.29, 0.717) is 19.3 Å². The summed E-state index contributed by atoms with van der Waals surface area (Å²) >= 11 is 0. The summed E-state index contributed by atoms with van der Waals surface area (Å²) in [5.74, 6) is -0.871. The average Bonchev–Trinajstić information content (AvgIpc) is 3.43. The minimum Gasteiger partial charge on any atom is -0.462 e. The van der Waals surface area contributed by atoms with Crippen LogP contribution < -0.4 is 0 Å². The minimum atomic E-state index is -0.780. The van der Waals surface area contributed by atoms with Gasteiger partial charge in [-0.3, -0.25) is 14.4 Å². The first-order valence-electron chi connectivity index (χ1n) is 33.8. The molecule has 0 N–H and O–H groups in total. The Morgan fingerprint density at radius 3 is 0.805 bits per heavy atom. The van der Waals surface area contributed by atoms with Gasteiger partial charge in [-0.15, -0.1) is 0 Å². The zero-order chi connectivity index (χ0) is 55.7. The van der Waals surface area contributed by atoms with Crippen LogP contribution in [0, 0.1) is 0 Å². The molecule has 0 aliphatic carbocycles. The van der Waals surface area contributed by atoms with Gasteiger partial charge in [0.1, 0.15) is 13.2 Å². The fraction of sp³-hybridized carbons (Fsp3) is 0.817. The van der Waals surface area contributed by atoms with Crippen LogP contribution in [0.5, 0.6) is 0 Å². The van der Waals surface area contributed by atoms with Crippen LogP contribution in [-0.2, 0) is 28.6 Å². The summed E-state index contributed by atoms with van der Waals surface area (Å²) in [6, 6.07) is 0. The van der Waals surface area contributed by atoms with Gasteiger partial charge in [-0.25, -0.2) is 0 Å². The van der Waals surface area contributed by atoms with Crippen LogP contribution in [0.1, 0.15) is 355 Å². The highest BCUT2D eigenvalue weighted by molar-refractivity contribution is 5.71. The molecular formula is C71H128O6.